The monoisotopic (exact) mass is 198 g/mol. The van der Waals surface area contributed by atoms with E-state index in [1.165, 1.54) is 0 Å². The predicted molar refractivity (Wildman–Crippen MR) is 52.7 cm³/mol. The predicted octanol–water partition coefficient (Wildman–Crippen LogP) is 1.94. The molecule has 0 aromatic rings. The van der Waals surface area contributed by atoms with E-state index in [9.17, 15) is 9.59 Å². The van der Waals surface area contributed by atoms with Crippen LogP contribution in [-0.4, -0.2) is 17.9 Å². The Morgan fingerprint density at radius 1 is 1.50 bits per heavy atom. The summed E-state index contributed by atoms with van der Waals surface area (Å²) in [7, 11) is 0. The average Bonchev–Trinajstić information content (AvgIpc) is 2.29. The highest BCUT2D eigenvalue weighted by molar-refractivity contribution is 5.85. The minimum Gasteiger partial charge on any atom is -0.462 e. The second-order valence-electron chi connectivity index (χ2n) is 5.07. The molecule has 0 unspecified atom stereocenters. The van der Waals surface area contributed by atoms with E-state index in [-0.39, 0.29) is 29.2 Å². The molecule has 1 aliphatic rings. The fraction of sp³-hybridized carbons (Fsp3) is 0.818. The summed E-state index contributed by atoms with van der Waals surface area (Å²) in [6.07, 6.45) is 0.851. The lowest BCUT2D eigenvalue weighted by atomic mass is 9.87. The van der Waals surface area contributed by atoms with Gasteiger partial charge in [0.25, 0.3) is 0 Å². The number of ketones is 1. The molecule has 0 aromatic heterocycles. The summed E-state index contributed by atoms with van der Waals surface area (Å²) < 4.78 is 5.08. The zero-order valence-electron chi connectivity index (χ0n) is 9.29. The first-order valence-electron chi connectivity index (χ1n) is 5.04. The first kappa shape index (κ1) is 11.2. The summed E-state index contributed by atoms with van der Waals surface area (Å²) >= 11 is 0. The van der Waals surface area contributed by atoms with Gasteiger partial charge in [0.1, 0.15) is 11.9 Å². The Balaban J connectivity index is 2.48. The molecule has 14 heavy (non-hydrogen) atoms. The maximum Gasteiger partial charge on any atom is 0.309 e. The first-order valence-corrected chi connectivity index (χ1v) is 5.04. The zero-order valence-corrected chi connectivity index (χ0v) is 9.29. The Kier molecular flexibility index (Phi) is 2.98. The number of esters is 1. The average molecular weight is 198 g/mol. The Morgan fingerprint density at radius 3 is 2.43 bits per heavy atom. The minimum absolute atomic E-state index is 0.0484. The van der Waals surface area contributed by atoms with Crippen LogP contribution in [0.4, 0.5) is 0 Å². The third-order valence-corrected chi connectivity index (χ3v) is 2.55. The summed E-state index contributed by atoms with van der Waals surface area (Å²) in [5, 5.41) is 0. The van der Waals surface area contributed by atoms with Gasteiger partial charge < -0.3 is 4.74 Å². The smallest absolute Gasteiger partial charge is 0.309 e. The highest BCUT2D eigenvalue weighted by atomic mass is 16.5. The fourth-order valence-electron chi connectivity index (χ4n) is 1.46. The van der Waals surface area contributed by atoms with Crippen LogP contribution in [0.25, 0.3) is 0 Å². The Morgan fingerprint density at radius 2 is 2.07 bits per heavy atom. The van der Waals surface area contributed by atoms with Gasteiger partial charge in [0.2, 0.25) is 0 Å². The van der Waals surface area contributed by atoms with Crippen LogP contribution in [0.2, 0.25) is 0 Å². The highest BCUT2D eigenvalue weighted by Gasteiger charge is 2.34. The summed E-state index contributed by atoms with van der Waals surface area (Å²) in [5.74, 6) is -0.0612. The molecule has 0 aliphatic carbocycles. The van der Waals surface area contributed by atoms with Gasteiger partial charge in [-0.05, 0) is 6.42 Å². The topological polar surface area (TPSA) is 43.4 Å². The molecule has 1 heterocycles. The number of rotatable bonds is 2. The molecule has 1 fully saturated rings. The second-order valence-corrected chi connectivity index (χ2v) is 5.07. The van der Waals surface area contributed by atoms with Crippen LogP contribution in [0.5, 0.6) is 0 Å². The third-order valence-electron chi connectivity index (χ3n) is 2.55. The van der Waals surface area contributed by atoms with Crippen molar-refractivity contribution in [1.29, 1.82) is 0 Å². The molecular formula is C11H18O3. The van der Waals surface area contributed by atoms with Crippen molar-refractivity contribution < 1.29 is 14.3 Å². The molecule has 0 aromatic carbocycles. The molecule has 1 saturated heterocycles. The van der Waals surface area contributed by atoms with E-state index < -0.39 is 0 Å². The van der Waals surface area contributed by atoms with Crippen LogP contribution in [0.3, 0.4) is 0 Å². The number of carbonyl (C=O) groups excluding carboxylic acids is 2. The SMILES string of the molecule is C[C@@H]1C[C@@H](CC(=O)C(C)(C)C)OC1=O. The van der Waals surface area contributed by atoms with Gasteiger partial charge in [0.15, 0.2) is 0 Å². The van der Waals surface area contributed by atoms with Crippen LogP contribution >= 0.6 is 0 Å². The summed E-state index contributed by atoms with van der Waals surface area (Å²) in [4.78, 5) is 22.7. The largest absolute Gasteiger partial charge is 0.462 e. The van der Waals surface area contributed by atoms with Crippen LogP contribution in [-0.2, 0) is 14.3 Å². The number of carbonyl (C=O) groups is 2. The molecule has 3 heteroatoms. The number of hydrogen-bond acceptors (Lipinski definition) is 3. The Labute approximate surface area is 84.8 Å². The van der Waals surface area contributed by atoms with Crippen LogP contribution in [0.15, 0.2) is 0 Å². The van der Waals surface area contributed by atoms with Gasteiger partial charge in [-0.2, -0.15) is 0 Å². The molecule has 3 nitrogen and oxygen atoms in total. The van der Waals surface area contributed by atoms with Crippen LogP contribution in [0, 0.1) is 11.3 Å². The van der Waals surface area contributed by atoms with Gasteiger partial charge in [0.05, 0.1) is 5.92 Å². The molecule has 80 valence electrons. The van der Waals surface area contributed by atoms with Gasteiger partial charge in [-0.15, -0.1) is 0 Å². The Bertz CT molecular complexity index is 250. The molecule has 0 spiro atoms. The summed E-state index contributed by atoms with van der Waals surface area (Å²) in [5.41, 5.74) is -0.335. The van der Waals surface area contributed by atoms with Crippen molar-refractivity contribution in [3.05, 3.63) is 0 Å². The third kappa shape index (κ3) is 2.56. The molecular weight excluding hydrogens is 180 g/mol. The lowest BCUT2D eigenvalue weighted by Crippen LogP contribution is -2.25. The van der Waals surface area contributed by atoms with Crippen molar-refractivity contribution in [3.63, 3.8) is 0 Å². The van der Waals surface area contributed by atoms with Gasteiger partial charge in [-0.1, -0.05) is 27.7 Å². The molecule has 0 saturated carbocycles. The van der Waals surface area contributed by atoms with E-state index in [0.29, 0.717) is 12.8 Å². The van der Waals surface area contributed by atoms with Gasteiger partial charge in [-0.25, -0.2) is 0 Å². The molecule has 1 rings (SSSR count). The van der Waals surface area contributed by atoms with Crippen molar-refractivity contribution in [2.45, 2.75) is 46.6 Å². The maximum absolute atomic E-state index is 11.6. The van der Waals surface area contributed by atoms with E-state index in [2.05, 4.69) is 0 Å². The van der Waals surface area contributed by atoms with Crippen molar-refractivity contribution >= 4 is 11.8 Å². The van der Waals surface area contributed by atoms with E-state index in [4.69, 9.17) is 4.74 Å². The molecule has 0 N–H and O–H groups in total. The number of Topliss-reactive ketones (excluding diaryl/α,β-unsaturated/α-hetero) is 1. The van der Waals surface area contributed by atoms with Gasteiger partial charge in [-0.3, -0.25) is 9.59 Å². The molecule has 0 radical (unpaired) electrons. The lowest BCUT2D eigenvalue weighted by Gasteiger charge is -2.18. The standard InChI is InChI=1S/C11H18O3/c1-7-5-8(14-10(7)13)6-9(12)11(2,3)4/h7-8H,5-6H2,1-4H3/t7-,8+/m1/s1. The number of ether oxygens (including phenoxy) is 1. The molecule has 0 bridgehead atoms. The normalized spacial score (nSPS) is 27.6. The fourth-order valence-corrected chi connectivity index (χ4v) is 1.46. The van der Waals surface area contributed by atoms with Crippen molar-refractivity contribution in [3.8, 4) is 0 Å². The second kappa shape index (κ2) is 3.71. The highest BCUT2D eigenvalue weighted by Crippen LogP contribution is 2.26. The van der Waals surface area contributed by atoms with Crippen molar-refractivity contribution in [1.82, 2.24) is 0 Å². The van der Waals surface area contributed by atoms with E-state index in [1.807, 2.05) is 27.7 Å². The molecule has 1 aliphatic heterocycles. The quantitative estimate of drug-likeness (QED) is 0.637. The van der Waals surface area contributed by atoms with Crippen LogP contribution < -0.4 is 0 Å². The number of hydrogen-bond donors (Lipinski definition) is 0. The maximum atomic E-state index is 11.6. The van der Waals surface area contributed by atoms with E-state index >= 15 is 0 Å². The summed E-state index contributed by atoms with van der Waals surface area (Å²) in [6.45, 7) is 7.49. The van der Waals surface area contributed by atoms with Crippen molar-refractivity contribution in [2.75, 3.05) is 0 Å². The summed E-state index contributed by atoms with van der Waals surface area (Å²) in [6, 6.07) is 0. The Hall–Kier alpha value is -0.860. The lowest BCUT2D eigenvalue weighted by molar-refractivity contribution is -0.145. The number of cyclic esters (lactones) is 1. The van der Waals surface area contributed by atoms with Crippen molar-refractivity contribution in [2.24, 2.45) is 11.3 Å². The first-order chi connectivity index (χ1) is 6.30. The molecule has 0 amide bonds. The van der Waals surface area contributed by atoms with E-state index in [1.54, 1.807) is 0 Å². The van der Waals surface area contributed by atoms with Gasteiger partial charge in [0, 0.05) is 11.8 Å². The molecule has 2 atom stereocenters. The van der Waals surface area contributed by atoms with E-state index in [0.717, 1.165) is 0 Å². The minimum atomic E-state index is -0.335. The zero-order chi connectivity index (χ0) is 10.9. The van der Waals surface area contributed by atoms with Crippen LogP contribution in [0.1, 0.15) is 40.5 Å². The van der Waals surface area contributed by atoms with Gasteiger partial charge >= 0.3 is 5.97 Å².